The zero-order valence-corrected chi connectivity index (χ0v) is 32.8. The summed E-state index contributed by atoms with van der Waals surface area (Å²) in [6.07, 6.45) is 1.74. The van der Waals surface area contributed by atoms with E-state index in [0.29, 0.717) is 23.3 Å². The van der Waals surface area contributed by atoms with Crippen molar-refractivity contribution in [3.63, 3.8) is 0 Å². The fourth-order valence-electron chi connectivity index (χ4n) is 7.80. The van der Waals surface area contributed by atoms with Crippen molar-refractivity contribution in [2.24, 2.45) is 0 Å². The molecule has 0 spiro atoms. The predicted molar refractivity (Wildman–Crippen MR) is 228 cm³/mol. The molecule has 7 aromatic rings. The highest BCUT2D eigenvalue weighted by Crippen LogP contribution is 2.29. The molecule has 8 rings (SSSR count). The molecule has 0 N–H and O–H groups in total. The Morgan fingerprint density at radius 1 is 0.632 bits per heavy atom. The molecule has 0 saturated heterocycles. The lowest BCUT2D eigenvalue weighted by atomic mass is 9.79. The molecule has 6 aromatic carbocycles. The molecule has 0 radical (unpaired) electrons. The van der Waals surface area contributed by atoms with Crippen LogP contribution in [0.3, 0.4) is 0 Å². The van der Waals surface area contributed by atoms with E-state index >= 15 is 0 Å². The number of rotatable bonds is 11. The van der Waals surface area contributed by atoms with E-state index in [1.165, 1.54) is 40.9 Å². The number of ether oxygens (including phenoxy) is 1. The van der Waals surface area contributed by atoms with E-state index in [2.05, 4.69) is 119 Å². The minimum Gasteiger partial charge on any atom is -0.489 e. The number of aromatic nitrogens is 1. The summed E-state index contributed by atoms with van der Waals surface area (Å²) < 4.78 is 7.98. The Kier molecular flexibility index (Phi) is 9.58. The number of carbonyl (C=O) groups excluding carboxylic acids is 3. The average molecular weight is 749 g/mol. The summed E-state index contributed by atoms with van der Waals surface area (Å²) >= 11 is 0. The Morgan fingerprint density at radius 3 is 1.88 bits per heavy atom. The van der Waals surface area contributed by atoms with Crippen LogP contribution in [-0.2, 0) is 24.9 Å². The summed E-state index contributed by atoms with van der Waals surface area (Å²) in [6.45, 7) is 16.0. The van der Waals surface area contributed by atoms with Gasteiger partial charge in [-0.1, -0.05) is 124 Å². The minimum atomic E-state index is -0.405. The molecule has 0 atom stereocenters. The third-order valence-corrected chi connectivity index (χ3v) is 11.2. The number of imide groups is 1. The predicted octanol–water partition coefficient (Wildman–Crippen LogP) is 8.91. The maximum absolute atomic E-state index is 13.6. The monoisotopic (exact) mass is 748 g/mol. The van der Waals surface area contributed by atoms with Crippen LogP contribution < -0.4 is 15.4 Å². The highest BCUT2D eigenvalue weighted by Gasteiger charge is 2.33. The average Bonchev–Trinajstić information content (AvgIpc) is 3.60. The smallest absolute Gasteiger partial charge is 0.261 e. The Balaban J connectivity index is 0.923. The second kappa shape index (κ2) is 14.7. The summed E-state index contributed by atoms with van der Waals surface area (Å²) in [5, 5.41) is 3.24. The number of fused-ring (bicyclic) bond motifs is 2. The van der Waals surface area contributed by atoms with E-state index in [1.54, 1.807) is 18.2 Å². The molecule has 0 aliphatic carbocycles. The summed E-state index contributed by atoms with van der Waals surface area (Å²) in [4.78, 5) is 39.5. The summed E-state index contributed by atoms with van der Waals surface area (Å²) in [6, 6.07) is 44.5. The Morgan fingerprint density at radius 2 is 1.19 bits per heavy atom. The number of aryl methyl sites for hydroxylation is 1. The SMILES string of the molecule is C=c1c2ccc(C(=O)c3ccc4c(c3)C(=O)N(C)C4=O)cc2c(=C)n1-c1ccc(Cc2ccc(C(C)(C)Cc3ccc(COc4ccc(C)cc4)cc3)cc2)cc1. The molecule has 282 valence electrons. The fourth-order valence-corrected chi connectivity index (χ4v) is 7.80. The van der Waals surface area contributed by atoms with Crippen molar-refractivity contribution in [3.8, 4) is 11.4 Å². The van der Waals surface area contributed by atoms with Gasteiger partial charge in [-0.3, -0.25) is 19.3 Å². The maximum Gasteiger partial charge on any atom is 0.261 e. The van der Waals surface area contributed by atoms with Crippen molar-refractivity contribution in [3.05, 3.63) is 200 Å². The van der Waals surface area contributed by atoms with Gasteiger partial charge in [0.2, 0.25) is 0 Å². The van der Waals surface area contributed by atoms with Crippen LogP contribution in [0.4, 0.5) is 0 Å². The van der Waals surface area contributed by atoms with Gasteiger partial charge in [0, 0.05) is 45.3 Å². The number of hydrogen-bond donors (Lipinski definition) is 0. The van der Waals surface area contributed by atoms with E-state index in [-0.39, 0.29) is 22.7 Å². The molecule has 57 heavy (non-hydrogen) atoms. The normalized spacial score (nSPS) is 12.7. The molecule has 6 heteroatoms. The summed E-state index contributed by atoms with van der Waals surface area (Å²) in [7, 11) is 1.44. The lowest BCUT2D eigenvalue weighted by Gasteiger charge is -2.26. The van der Waals surface area contributed by atoms with Crippen molar-refractivity contribution in [1.29, 1.82) is 0 Å². The molecule has 0 bridgehead atoms. The van der Waals surface area contributed by atoms with Crippen molar-refractivity contribution < 1.29 is 19.1 Å². The van der Waals surface area contributed by atoms with Crippen molar-refractivity contribution in [2.45, 2.75) is 45.6 Å². The van der Waals surface area contributed by atoms with Gasteiger partial charge in [0.1, 0.15) is 12.4 Å². The second-order valence-corrected chi connectivity index (χ2v) is 15.8. The van der Waals surface area contributed by atoms with E-state index in [0.717, 1.165) is 56.2 Å². The first-order valence-electron chi connectivity index (χ1n) is 19.2. The number of hydrogen-bond acceptors (Lipinski definition) is 4. The van der Waals surface area contributed by atoms with Crippen LogP contribution in [0, 0.1) is 6.92 Å². The number of benzene rings is 6. The van der Waals surface area contributed by atoms with Gasteiger partial charge in [-0.25, -0.2) is 0 Å². The minimum absolute atomic E-state index is 0.0346. The first-order chi connectivity index (χ1) is 27.4. The topological polar surface area (TPSA) is 68.6 Å². The first kappa shape index (κ1) is 37.1. The van der Waals surface area contributed by atoms with Crippen molar-refractivity contribution >= 4 is 41.5 Å². The van der Waals surface area contributed by atoms with Gasteiger partial charge in [-0.05, 0) is 95.5 Å². The van der Waals surface area contributed by atoms with Crippen LogP contribution in [0.1, 0.15) is 83.9 Å². The van der Waals surface area contributed by atoms with Crippen LogP contribution in [-0.4, -0.2) is 34.1 Å². The second-order valence-electron chi connectivity index (χ2n) is 15.8. The number of carbonyl (C=O) groups is 3. The highest BCUT2D eigenvalue weighted by molar-refractivity contribution is 6.22. The van der Waals surface area contributed by atoms with Gasteiger partial charge >= 0.3 is 0 Å². The molecule has 6 nitrogen and oxygen atoms in total. The van der Waals surface area contributed by atoms with Gasteiger partial charge in [-0.15, -0.1) is 0 Å². The van der Waals surface area contributed by atoms with E-state index in [1.807, 2.05) is 28.8 Å². The molecular formula is C51H44N2O4. The highest BCUT2D eigenvalue weighted by atomic mass is 16.5. The van der Waals surface area contributed by atoms with Crippen LogP contribution in [0.15, 0.2) is 133 Å². The number of amides is 2. The van der Waals surface area contributed by atoms with E-state index in [9.17, 15) is 14.4 Å². The Labute approximate surface area is 333 Å². The Bertz CT molecular complexity index is 2790. The Hall–Kier alpha value is -6.79. The van der Waals surface area contributed by atoms with Gasteiger partial charge in [0.25, 0.3) is 11.8 Å². The molecule has 1 aliphatic heterocycles. The standard InChI is InChI=1S/C51H44N2O4/c1-32-7-23-43(24-8-32)57-31-38-11-9-37(10-12-38)30-51(4,5)41-19-13-35(14-20-41)27-36-15-21-42(22-16-36)53-33(2)44-25-17-39(28-46(44)34(53)3)48(54)40-18-26-45-47(29-40)50(56)52(6)49(45)55/h7-26,28-29H,2-3,27,30-31H2,1,4-6H3. The van der Waals surface area contributed by atoms with Gasteiger partial charge in [-0.2, -0.15) is 0 Å². The van der Waals surface area contributed by atoms with E-state index < -0.39 is 5.91 Å². The molecule has 1 aromatic heterocycles. The van der Waals surface area contributed by atoms with Crippen LogP contribution in [0.5, 0.6) is 5.75 Å². The molecule has 0 fully saturated rings. The zero-order valence-electron chi connectivity index (χ0n) is 32.8. The summed E-state index contributed by atoms with van der Waals surface area (Å²) in [5.74, 6) is -0.122. The molecule has 1 aliphatic rings. The molecular weight excluding hydrogens is 705 g/mol. The van der Waals surface area contributed by atoms with Crippen LogP contribution in [0.2, 0.25) is 0 Å². The van der Waals surface area contributed by atoms with Gasteiger partial charge < -0.3 is 9.30 Å². The summed E-state index contributed by atoms with van der Waals surface area (Å²) in [5.41, 5.74) is 9.68. The first-order valence-corrected chi connectivity index (χ1v) is 19.2. The van der Waals surface area contributed by atoms with Gasteiger partial charge in [0.05, 0.1) is 11.1 Å². The maximum atomic E-state index is 13.6. The third-order valence-electron chi connectivity index (χ3n) is 11.2. The zero-order chi connectivity index (χ0) is 40.0. The lowest BCUT2D eigenvalue weighted by Crippen LogP contribution is -2.24. The van der Waals surface area contributed by atoms with Crippen molar-refractivity contribution in [1.82, 2.24) is 9.47 Å². The van der Waals surface area contributed by atoms with Crippen LogP contribution in [0.25, 0.3) is 29.6 Å². The number of nitrogens with zero attached hydrogens (tertiary/aromatic N) is 2. The molecule has 2 amide bonds. The number of ketones is 1. The van der Waals surface area contributed by atoms with Crippen LogP contribution >= 0.6 is 0 Å². The molecule has 2 heterocycles. The van der Waals surface area contributed by atoms with Gasteiger partial charge in [0.15, 0.2) is 5.78 Å². The van der Waals surface area contributed by atoms with Crippen molar-refractivity contribution in [2.75, 3.05) is 7.05 Å². The molecule has 0 saturated carbocycles. The van der Waals surface area contributed by atoms with E-state index in [4.69, 9.17) is 4.74 Å². The molecule has 0 unspecified atom stereocenters. The fraction of sp³-hybridized carbons (Fsp3) is 0.157. The third kappa shape index (κ3) is 7.22. The largest absolute Gasteiger partial charge is 0.489 e. The quantitative estimate of drug-likeness (QED) is 0.0980. The lowest BCUT2D eigenvalue weighted by molar-refractivity contribution is 0.0693.